The highest BCUT2D eigenvalue weighted by molar-refractivity contribution is 6.02. The van der Waals surface area contributed by atoms with Gasteiger partial charge in [0.2, 0.25) is 11.7 Å². The van der Waals surface area contributed by atoms with Gasteiger partial charge in [0.05, 0.1) is 10.5 Å². The molecule has 0 saturated carbocycles. The lowest BCUT2D eigenvalue weighted by molar-refractivity contribution is -0.385. The van der Waals surface area contributed by atoms with Crippen LogP contribution in [0.15, 0.2) is 42.5 Å². The number of benzene rings is 2. The van der Waals surface area contributed by atoms with Crippen LogP contribution < -0.4 is 5.32 Å². The summed E-state index contributed by atoms with van der Waals surface area (Å²) >= 11 is 0. The third-order valence-corrected chi connectivity index (χ3v) is 4.21. The molecule has 2 aromatic rings. The number of hydrogen-bond donors (Lipinski definition) is 1. The fraction of sp³-hybridized carbons (Fsp3) is 0.286. The highest BCUT2D eigenvalue weighted by atomic mass is 16.6. The molecule has 0 heterocycles. The number of carbonyl (C=O) groups is 3. The fourth-order valence-corrected chi connectivity index (χ4v) is 2.67. The van der Waals surface area contributed by atoms with Crippen LogP contribution in [0.25, 0.3) is 0 Å². The van der Waals surface area contributed by atoms with Crippen LogP contribution in [0.2, 0.25) is 0 Å². The molecule has 0 aliphatic heterocycles. The molecule has 152 valence electrons. The third kappa shape index (κ3) is 5.71. The van der Waals surface area contributed by atoms with Crippen molar-refractivity contribution in [1.29, 1.82) is 0 Å². The van der Waals surface area contributed by atoms with Gasteiger partial charge in [-0.2, -0.15) is 0 Å². The van der Waals surface area contributed by atoms with Crippen molar-refractivity contribution in [2.24, 2.45) is 0 Å². The molecule has 1 amide bonds. The minimum atomic E-state index is -1.04. The third-order valence-electron chi connectivity index (χ3n) is 4.21. The molecule has 0 unspecified atom stereocenters. The maximum absolute atomic E-state index is 12.5. The van der Waals surface area contributed by atoms with Crippen molar-refractivity contribution in [3.8, 4) is 0 Å². The van der Waals surface area contributed by atoms with E-state index in [4.69, 9.17) is 4.74 Å². The molecule has 0 aromatic heterocycles. The number of nitrogens with zero attached hydrogens (tertiary/aromatic N) is 1. The summed E-state index contributed by atoms with van der Waals surface area (Å²) in [6.07, 6.45) is 0.105. The topological polar surface area (TPSA) is 116 Å². The van der Waals surface area contributed by atoms with Crippen molar-refractivity contribution < 1.29 is 24.0 Å². The highest BCUT2D eigenvalue weighted by Gasteiger charge is 2.22. The Labute approximate surface area is 168 Å². The Kier molecular flexibility index (Phi) is 7.19. The second-order valence-electron chi connectivity index (χ2n) is 6.55. The van der Waals surface area contributed by atoms with Gasteiger partial charge in [0, 0.05) is 29.3 Å². The fourth-order valence-electron chi connectivity index (χ4n) is 2.67. The van der Waals surface area contributed by atoms with Crippen LogP contribution in [-0.2, 0) is 9.53 Å². The van der Waals surface area contributed by atoms with Gasteiger partial charge in [0.15, 0.2) is 6.10 Å². The average molecular weight is 398 g/mol. The van der Waals surface area contributed by atoms with Crippen LogP contribution in [0.1, 0.15) is 53.0 Å². The number of rotatable bonds is 8. The molecule has 0 aliphatic carbocycles. The second-order valence-corrected chi connectivity index (χ2v) is 6.55. The second kappa shape index (κ2) is 9.59. The summed E-state index contributed by atoms with van der Waals surface area (Å²) < 4.78 is 5.21. The van der Waals surface area contributed by atoms with Gasteiger partial charge in [-0.25, -0.2) is 4.79 Å². The molecule has 1 N–H and O–H groups in total. The number of nitro groups is 1. The van der Waals surface area contributed by atoms with Crippen molar-refractivity contribution >= 4 is 29.0 Å². The van der Waals surface area contributed by atoms with E-state index in [9.17, 15) is 24.5 Å². The monoisotopic (exact) mass is 398 g/mol. The molecule has 2 aromatic carbocycles. The van der Waals surface area contributed by atoms with Gasteiger partial charge in [0.25, 0.3) is 5.69 Å². The SMILES string of the molecule is CCCC(=O)Nc1ccc(C(=O)[C@@H](C)OC(=O)c2ccc([N+](=O)[O-])c(C)c2)cc1. The first-order valence-corrected chi connectivity index (χ1v) is 9.13. The summed E-state index contributed by atoms with van der Waals surface area (Å²) in [5.74, 6) is -1.25. The molecule has 29 heavy (non-hydrogen) atoms. The quantitative estimate of drug-likeness (QED) is 0.310. The summed E-state index contributed by atoms with van der Waals surface area (Å²) in [5.41, 5.74) is 1.26. The number of anilines is 1. The molecule has 2 rings (SSSR count). The summed E-state index contributed by atoms with van der Waals surface area (Å²) in [4.78, 5) is 46.7. The minimum Gasteiger partial charge on any atom is -0.451 e. The zero-order valence-corrected chi connectivity index (χ0v) is 16.4. The molecule has 8 heteroatoms. The van der Waals surface area contributed by atoms with E-state index in [0.717, 1.165) is 6.42 Å². The number of Topliss-reactive ketones (excluding diaryl/α,β-unsaturated/α-hetero) is 1. The average Bonchev–Trinajstić information content (AvgIpc) is 2.67. The van der Waals surface area contributed by atoms with Crippen LogP contribution in [0.4, 0.5) is 11.4 Å². The van der Waals surface area contributed by atoms with Crippen LogP contribution in [0, 0.1) is 17.0 Å². The van der Waals surface area contributed by atoms with E-state index in [1.165, 1.54) is 32.0 Å². The molecule has 0 fully saturated rings. The number of carbonyl (C=O) groups excluding carboxylic acids is 3. The summed E-state index contributed by atoms with van der Waals surface area (Å²) in [5, 5.41) is 13.6. The lowest BCUT2D eigenvalue weighted by Gasteiger charge is -2.13. The number of nitro benzene ring substituents is 1. The highest BCUT2D eigenvalue weighted by Crippen LogP contribution is 2.20. The largest absolute Gasteiger partial charge is 0.451 e. The van der Waals surface area contributed by atoms with Gasteiger partial charge in [-0.05, 0) is 56.7 Å². The first-order chi connectivity index (χ1) is 13.7. The number of amides is 1. The normalized spacial score (nSPS) is 11.4. The molecule has 0 spiro atoms. The van der Waals surface area contributed by atoms with Crippen molar-refractivity contribution in [3.05, 3.63) is 69.3 Å². The van der Waals surface area contributed by atoms with Crippen LogP contribution in [0.3, 0.4) is 0 Å². The zero-order chi connectivity index (χ0) is 21.6. The number of aryl methyl sites for hydroxylation is 1. The molecule has 0 aliphatic rings. The van der Waals surface area contributed by atoms with Gasteiger partial charge in [-0.15, -0.1) is 0 Å². The Morgan fingerprint density at radius 1 is 1.10 bits per heavy atom. The van der Waals surface area contributed by atoms with E-state index in [-0.39, 0.29) is 17.2 Å². The van der Waals surface area contributed by atoms with E-state index in [0.29, 0.717) is 23.2 Å². The van der Waals surface area contributed by atoms with E-state index in [1.54, 1.807) is 24.3 Å². The number of ketones is 1. The van der Waals surface area contributed by atoms with Gasteiger partial charge in [-0.3, -0.25) is 19.7 Å². The van der Waals surface area contributed by atoms with Gasteiger partial charge >= 0.3 is 5.97 Å². The standard InChI is InChI=1S/C21H22N2O6/c1-4-5-19(24)22-17-9-6-15(7-10-17)20(25)14(3)29-21(26)16-8-11-18(23(27)28)13(2)12-16/h6-12,14H,4-5H2,1-3H3,(H,22,24)/t14-/m1/s1. The summed E-state index contributed by atoms with van der Waals surface area (Å²) in [6.45, 7) is 4.88. The van der Waals surface area contributed by atoms with Crippen molar-refractivity contribution in [1.82, 2.24) is 0 Å². The van der Waals surface area contributed by atoms with Crippen LogP contribution in [-0.4, -0.2) is 28.7 Å². The Hall–Kier alpha value is -3.55. The van der Waals surface area contributed by atoms with E-state index >= 15 is 0 Å². The van der Waals surface area contributed by atoms with Crippen molar-refractivity contribution in [3.63, 3.8) is 0 Å². The lowest BCUT2D eigenvalue weighted by Crippen LogP contribution is -2.24. The number of hydrogen-bond acceptors (Lipinski definition) is 6. The summed E-state index contributed by atoms with van der Waals surface area (Å²) in [6, 6.07) is 10.2. The van der Waals surface area contributed by atoms with E-state index in [2.05, 4.69) is 5.32 Å². The molecule has 0 radical (unpaired) electrons. The smallest absolute Gasteiger partial charge is 0.338 e. The molecule has 1 atom stereocenters. The van der Waals surface area contributed by atoms with Gasteiger partial charge in [-0.1, -0.05) is 6.92 Å². The van der Waals surface area contributed by atoms with Gasteiger partial charge in [0.1, 0.15) is 0 Å². The summed E-state index contributed by atoms with van der Waals surface area (Å²) in [7, 11) is 0. The Morgan fingerprint density at radius 2 is 1.72 bits per heavy atom. The molecule has 8 nitrogen and oxygen atoms in total. The van der Waals surface area contributed by atoms with Crippen LogP contribution in [0.5, 0.6) is 0 Å². The van der Waals surface area contributed by atoms with Crippen LogP contribution >= 0.6 is 0 Å². The first kappa shape index (κ1) is 21.7. The van der Waals surface area contributed by atoms with Crippen molar-refractivity contribution in [2.45, 2.75) is 39.7 Å². The molecule has 0 bridgehead atoms. The maximum Gasteiger partial charge on any atom is 0.338 e. The lowest BCUT2D eigenvalue weighted by atomic mass is 10.1. The molecular formula is C21H22N2O6. The first-order valence-electron chi connectivity index (χ1n) is 9.13. The van der Waals surface area contributed by atoms with Gasteiger partial charge < -0.3 is 10.1 Å². The zero-order valence-electron chi connectivity index (χ0n) is 16.4. The van der Waals surface area contributed by atoms with E-state index < -0.39 is 22.8 Å². The Bertz CT molecular complexity index is 937. The predicted molar refractivity (Wildman–Crippen MR) is 107 cm³/mol. The van der Waals surface area contributed by atoms with Crippen molar-refractivity contribution in [2.75, 3.05) is 5.32 Å². The molecular weight excluding hydrogens is 376 g/mol. The molecule has 0 saturated heterocycles. The number of esters is 1. The maximum atomic E-state index is 12.5. The Morgan fingerprint density at radius 3 is 2.28 bits per heavy atom. The van der Waals surface area contributed by atoms with E-state index in [1.807, 2.05) is 6.92 Å². The predicted octanol–water partition coefficient (Wildman–Crippen LogP) is 4.07. The number of ether oxygens (including phenoxy) is 1. The number of nitrogens with one attached hydrogen (secondary N) is 1. The minimum absolute atomic E-state index is 0.100. The Balaban J connectivity index is 2.03.